The molecule has 0 atom stereocenters. The van der Waals surface area contributed by atoms with Crippen molar-refractivity contribution < 1.29 is 0 Å². The Balaban J connectivity index is 1.51. The van der Waals surface area contributed by atoms with Crippen LogP contribution in [0.1, 0.15) is 57.4 Å². The Labute approximate surface area is 135 Å². The van der Waals surface area contributed by atoms with E-state index in [4.69, 9.17) is 0 Å². The molecule has 22 heavy (non-hydrogen) atoms. The minimum atomic E-state index is 0.556. The molecule has 1 aromatic rings. The average Bonchev–Trinajstić information content (AvgIpc) is 2.56. The van der Waals surface area contributed by atoms with Gasteiger partial charge < -0.3 is 4.90 Å². The van der Waals surface area contributed by atoms with E-state index in [9.17, 15) is 0 Å². The van der Waals surface area contributed by atoms with Crippen LogP contribution in [-0.4, -0.2) is 42.6 Å². The van der Waals surface area contributed by atoms with Crippen LogP contribution >= 0.6 is 0 Å². The average molecular weight is 301 g/mol. The van der Waals surface area contributed by atoms with Crippen molar-refractivity contribution in [1.82, 2.24) is 9.88 Å². The Hall–Kier alpha value is -1.09. The number of aromatic nitrogens is 1. The first-order valence-electron chi connectivity index (χ1n) is 9.14. The van der Waals surface area contributed by atoms with E-state index in [0.29, 0.717) is 5.92 Å². The van der Waals surface area contributed by atoms with Gasteiger partial charge in [0.2, 0.25) is 0 Å². The van der Waals surface area contributed by atoms with E-state index in [-0.39, 0.29) is 0 Å². The monoisotopic (exact) mass is 301 g/mol. The second-order valence-electron chi connectivity index (χ2n) is 7.42. The Morgan fingerprint density at radius 3 is 2.45 bits per heavy atom. The lowest BCUT2D eigenvalue weighted by Crippen LogP contribution is -2.48. The third-order valence-electron chi connectivity index (χ3n) is 5.39. The Bertz CT molecular complexity index is 458. The highest BCUT2D eigenvalue weighted by atomic mass is 15.3. The zero-order valence-electron chi connectivity index (χ0n) is 14.3. The summed E-state index contributed by atoms with van der Waals surface area (Å²) >= 11 is 0. The van der Waals surface area contributed by atoms with Crippen LogP contribution in [0.4, 0.5) is 5.69 Å². The highest BCUT2D eigenvalue weighted by molar-refractivity contribution is 5.47. The SMILES string of the molecule is CC(C)c1cncc(N2CCN(CC3CCCCC3)CC2)c1. The number of rotatable bonds is 4. The fourth-order valence-corrected chi connectivity index (χ4v) is 3.86. The van der Waals surface area contributed by atoms with Gasteiger partial charge in [0, 0.05) is 38.9 Å². The molecule has 2 aliphatic rings. The Morgan fingerprint density at radius 2 is 1.77 bits per heavy atom. The van der Waals surface area contributed by atoms with Gasteiger partial charge in [-0.1, -0.05) is 33.1 Å². The van der Waals surface area contributed by atoms with Gasteiger partial charge in [-0.15, -0.1) is 0 Å². The molecule has 2 fully saturated rings. The van der Waals surface area contributed by atoms with Crippen molar-refractivity contribution in [2.45, 2.75) is 51.9 Å². The van der Waals surface area contributed by atoms with Crippen LogP contribution in [0, 0.1) is 5.92 Å². The van der Waals surface area contributed by atoms with Crippen LogP contribution in [0.15, 0.2) is 18.5 Å². The van der Waals surface area contributed by atoms with Gasteiger partial charge in [0.05, 0.1) is 11.9 Å². The summed E-state index contributed by atoms with van der Waals surface area (Å²) < 4.78 is 0. The van der Waals surface area contributed by atoms with Crippen LogP contribution in [0.3, 0.4) is 0 Å². The van der Waals surface area contributed by atoms with Gasteiger partial charge in [-0.2, -0.15) is 0 Å². The molecule has 0 radical (unpaired) electrons. The zero-order valence-corrected chi connectivity index (χ0v) is 14.3. The molecule has 1 saturated carbocycles. The van der Waals surface area contributed by atoms with E-state index in [0.717, 1.165) is 19.0 Å². The van der Waals surface area contributed by atoms with Gasteiger partial charge in [-0.25, -0.2) is 0 Å². The van der Waals surface area contributed by atoms with Crippen LogP contribution in [-0.2, 0) is 0 Å². The summed E-state index contributed by atoms with van der Waals surface area (Å²) in [6.07, 6.45) is 11.3. The van der Waals surface area contributed by atoms with Crippen LogP contribution in [0.25, 0.3) is 0 Å². The lowest BCUT2D eigenvalue weighted by Gasteiger charge is -2.38. The maximum absolute atomic E-state index is 4.44. The fourth-order valence-electron chi connectivity index (χ4n) is 3.86. The first-order valence-corrected chi connectivity index (χ1v) is 9.14. The van der Waals surface area contributed by atoms with Gasteiger partial charge in [-0.05, 0) is 36.3 Å². The number of hydrogen-bond acceptors (Lipinski definition) is 3. The standard InChI is InChI=1S/C19H31N3/c1-16(2)18-12-19(14-20-13-18)22-10-8-21(9-11-22)15-17-6-4-3-5-7-17/h12-14,16-17H,3-11,15H2,1-2H3. The molecule has 3 heteroatoms. The molecule has 1 aliphatic carbocycles. The van der Waals surface area contributed by atoms with Gasteiger partial charge in [0.25, 0.3) is 0 Å². The Morgan fingerprint density at radius 1 is 1.05 bits per heavy atom. The van der Waals surface area contributed by atoms with Crippen LogP contribution in [0.5, 0.6) is 0 Å². The van der Waals surface area contributed by atoms with Crippen molar-refractivity contribution in [3.63, 3.8) is 0 Å². The molecular weight excluding hydrogens is 270 g/mol. The number of nitrogens with zero attached hydrogens (tertiary/aromatic N) is 3. The van der Waals surface area contributed by atoms with E-state index in [1.165, 1.54) is 63.0 Å². The van der Waals surface area contributed by atoms with E-state index < -0.39 is 0 Å². The molecule has 0 N–H and O–H groups in total. The summed E-state index contributed by atoms with van der Waals surface area (Å²) in [4.78, 5) is 9.64. The van der Waals surface area contributed by atoms with E-state index in [1.807, 2.05) is 12.4 Å². The zero-order chi connectivity index (χ0) is 15.4. The van der Waals surface area contributed by atoms with E-state index >= 15 is 0 Å². The quantitative estimate of drug-likeness (QED) is 0.840. The number of pyridine rings is 1. The molecule has 0 spiro atoms. The van der Waals surface area contributed by atoms with Crippen molar-refractivity contribution in [2.75, 3.05) is 37.6 Å². The molecule has 1 aromatic heterocycles. The minimum Gasteiger partial charge on any atom is -0.368 e. The topological polar surface area (TPSA) is 19.4 Å². The molecule has 1 saturated heterocycles. The highest BCUT2D eigenvalue weighted by Crippen LogP contribution is 2.26. The maximum Gasteiger partial charge on any atom is 0.0556 e. The molecule has 0 aromatic carbocycles. The molecule has 0 amide bonds. The van der Waals surface area contributed by atoms with E-state index in [1.54, 1.807) is 0 Å². The van der Waals surface area contributed by atoms with Crippen LogP contribution < -0.4 is 4.90 Å². The van der Waals surface area contributed by atoms with Gasteiger partial charge >= 0.3 is 0 Å². The largest absolute Gasteiger partial charge is 0.368 e. The second-order valence-corrected chi connectivity index (χ2v) is 7.42. The number of hydrogen-bond donors (Lipinski definition) is 0. The molecule has 122 valence electrons. The summed E-state index contributed by atoms with van der Waals surface area (Å²) in [6.45, 7) is 10.5. The first-order chi connectivity index (χ1) is 10.7. The number of piperazine rings is 1. The molecule has 0 bridgehead atoms. The van der Waals surface area contributed by atoms with Crippen molar-refractivity contribution in [2.24, 2.45) is 5.92 Å². The summed E-state index contributed by atoms with van der Waals surface area (Å²) in [5.41, 5.74) is 2.66. The smallest absolute Gasteiger partial charge is 0.0556 e. The summed E-state index contributed by atoms with van der Waals surface area (Å²) in [6, 6.07) is 2.33. The third kappa shape index (κ3) is 4.01. The first kappa shape index (κ1) is 15.8. The molecule has 3 rings (SSSR count). The lowest BCUT2D eigenvalue weighted by atomic mass is 9.89. The summed E-state index contributed by atoms with van der Waals surface area (Å²) in [5, 5.41) is 0. The van der Waals surface area contributed by atoms with Gasteiger partial charge in [0.1, 0.15) is 0 Å². The predicted molar refractivity (Wildman–Crippen MR) is 93.6 cm³/mol. The predicted octanol–water partition coefficient (Wildman–Crippen LogP) is 3.91. The van der Waals surface area contributed by atoms with Gasteiger partial charge in [-0.3, -0.25) is 9.88 Å². The van der Waals surface area contributed by atoms with E-state index in [2.05, 4.69) is 34.7 Å². The summed E-state index contributed by atoms with van der Waals surface area (Å²) in [7, 11) is 0. The summed E-state index contributed by atoms with van der Waals surface area (Å²) in [5.74, 6) is 1.52. The number of anilines is 1. The van der Waals surface area contributed by atoms with Crippen molar-refractivity contribution in [1.29, 1.82) is 0 Å². The minimum absolute atomic E-state index is 0.556. The highest BCUT2D eigenvalue weighted by Gasteiger charge is 2.22. The van der Waals surface area contributed by atoms with Crippen molar-refractivity contribution in [3.05, 3.63) is 24.0 Å². The van der Waals surface area contributed by atoms with Crippen molar-refractivity contribution in [3.8, 4) is 0 Å². The molecule has 1 aliphatic heterocycles. The van der Waals surface area contributed by atoms with Crippen molar-refractivity contribution >= 4 is 5.69 Å². The molecule has 3 nitrogen and oxygen atoms in total. The second kappa shape index (κ2) is 7.45. The normalized spacial score (nSPS) is 21.5. The molecule has 2 heterocycles. The molecular formula is C19H31N3. The third-order valence-corrected chi connectivity index (χ3v) is 5.39. The van der Waals surface area contributed by atoms with Crippen LogP contribution in [0.2, 0.25) is 0 Å². The maximum atomic E-state index is 4.44. The van der Waals surface area contributed by atoms with Gasteiger partial charge in [0.15, 0.2) is 0 Å². The molecule has 0 unspecified atom stereocenters. The lowest BCUT2D eigenvalue weighted by molar-refractivity contribution is 0.192. The Kier molecular flexibility index (Phi) is 5.35. The fraction of sp³-hybridized carbons (Fsp3) is 0.737.